The van der Waals surface area contributed by atoms with Gasteiger partial charge in [-0.25, -0.2) is 9.50 Å². The van der Waals surface area contributed by atoms with Crippen molar-refractivity contribution in [3.05, 3.63) is 90.3 Å². The van der Waals surface area contributed by atoms with Gasteiger partial charge in [0.05, 0.1) is 11.9 Å². The molecule has 1 aliphatic rings. The summed E-state index contributed by atoms with van der Waals surface area (Å²) < 4.78 is 1.74. The number of aromatic nitrogens is 3. The molecule has 0 atom stereocenters. The Morgan fingerprint density at radius 3 is 2.34 bits per heavy atom. The molecule has 3 heterocycles. The molecule has 0 bridgehead atoms. The van der Waals surface area contributed by atoms with Crippen LogP contribution in [0.1, 0.15) is 28.8 Å². The molecule has 180 valence electrons. The van der Waals surface area contributed by atoms with E-state index in [0.717, 1.165) is 63.4 Å². The molecule has 1 aliphatic heterocycles. The summed E-state index contributed by atoms with van der Waals surface area (Å²) in [5, 5.41) is 7.49. The summed E-state index contributed by atoms with van der Waals surface area (Å²) in [6.07, 6.45) is 5.37. The van der Waals surface area contributed by atoms with Gasteiger partial charge in [-0.2, -0.15) is 5.10 Å². The van der Waals surface area contributed by atoms with Gasteiger partial charge in [0, 0.05) is 51.0 Å². The summed E-state index contributed by atoms with van der Waals surface area (Å²) in [5.74, 6) is -0.118. The van der Waals surface area contributed by atoms with Crippen molar-refractivity contribution in [3.63, 3.8) is 0 Å². The molecule has 2 aromatic carbocycles. The zero-order valence-corrected chi connectivity index (χ0v) is 20.0. The number of rotatable bonds is 9. The molecule has 7 heteroatoms. The first kappa shape index (κ1) is 23.2. The Hall–Kier alpha value is -3.55. The molecule has 1 saturated heterocycles. The van der Waals surface area contributed by atoms with Crippen LogP contribution in [0, 0.1) is 0 Å². The predicted octanol–water partition coefficient (Wildman–Crippen LogP) is 3.72. The number of benzene rings is 2. The molecule has 0 spiro atoms. The van der Waals surface area contributed by atoms with E-state index in [1.54, 1.807) is 16.9 Å². The molecule has 7 nitrogen and oxygen atoms in total. The summed E-state index contributed by atoms with van der Waals surface area (Å²) in [4.78, 5) is 22.3. The highest BCUT2D eigenvalue weighted by molar-refractivity contribution is 5.99. The monoisotopic (exact) mass is 468 g/mol. The van der Waals surface area contributed by atoms with Crippen LogP contribution in [-0.4, -0.2) is 69.6 Å². The lowest BCUT2D eigenvalue weighted by molar-refractivity contribution is 0.0952. The van der Waals surface area contributed by atoms with E-state index in [4.69, 9.17) is 0 Å². The summed E-state index contributed by atoms with van der Waals surface area (Å²) in [6.45, 7) is 7.20. The Labute approximate surface area is 206 Å². The second kappa shape index (κ2) is 11.3. The second-order valence-electron chi connectivity index (χ2n) is 9.06. The zero-order valence-electron chi connectivity index (χ0n) is 20.0. The Morgan fingerprint density at radius 1 is 0.857 bits per heavy atom. The maximum absolute atomic E-state index is 12.8. The third kappa shape index (κ3) is 5.75. The largest absolute Gasteiger partial charge is 0.352 e. The number of carbonyl (C=O) groups is 1. The standard InChI is InChI=1S/C28H32N6O/c35-28(25-21-31-34-26(13-15-29-27(25)34)24-11-5-2-6-12-24)30-14-7-8-16-32-17-19-33(20-18-32)22-23-9-3-1-4-10-23/h1-6,9-13,15,21H,7-8,14,16-20,22H2,(H,30,35). The summed E-state index contributed by atoms with van der Waals surface area (Å²) >= 11 is 0. The third-order valence-corrected chi connectivity index (χ3v) is 6.62. The summed E-state index contributed by atoms with van der Waals surface area (Å²) in [5.41, 5.74) is 4.43. The second-order valence-corrected chi connectivity index (χ2v) is 9.06. The minimum atomic E-state index is -0.118. The van der Waals surface area contributed by atoms with E-state index < -0.39 is 0 Å². The van der Waals surface area contributed by atoms with Crippen LogP contribution in [0.3, 0.4) is 0 Å². The molecule has 5 rings (SSSR count). The summed E-state index contributed by atoms with van der Waals surface area (Å²) in [6, 6.07) is 22.6. The van der Waals surface area contributed by atoms with Crippen molar-refractivity contribution < 1.29 is 4.79 Å². The lowest BCUT2D eigenvalue weighted by Gasteiger charge is -2.34. The van der Waals surface area contributed by atoms with E-state index in [-0.39, 0.29) is 5.91 Å². The minimum absolute atomic E-state index is 0.118. The van der Waals surface area contributed by atoms with Crippen LogP contribution in [0.25, 0.3) is 16.9 Å². The number of carbonyl (C=O) groups excluding carboxylic acids is 1. The zero-order chi connectivity index (χ0) is 23.9. The molecule has 1 N–H and O–H groups in total. The number of nitrogens with zero attached hydrogens (tertiary/aromatic N) is 5. The molecular weight excluding hydrogens is 436 g/mol. The summed E-state index contributed by atoms with van der Waals surface area (Å²) in [7, 11) is 0. The number of hydrogen-bond donors (Lipinski definition) is 1. The molecule has 0 radical (unpaired) electrons. The van der Waals surface area contributed by atoms with Crippen molar-refractivity contribution in [2.45, 2.75) is 19.4 Å². The Kier molecular flexibility index (Phi) is 7.46. The topological polar surface area (TPSA) is 65.8 Å². The van der Waals surface area contributed by atoms with Crippen molar-refractivity contribution in [3.8, 4) is 11.3 Å². The molecule has 1 fully saturated rings. The lowest BCUT2D eigenvalue weighted by Crippen LogP contribution is -2.46. The van der Waals surface area contributed by atoms with E-state index in [0.29, 0.717) is 17.8 Å². The van der Waals surface area contributed by atoms with Gasteiger partial charge in [-0.3, -0.25) is 9.69 Å². The van der Waals surface area contributed by atoms with E-state index >= 15 is 0 Å². The van der Waals surface area contributed by atoms with Crippen molar-refractivity contribution in [2.24, 2.45) is 0 Å². The molecule has 35 heavy (non-hydrogen) atoms. The lowest BCUT2D eigenvalue weighted by atomic mass is 10.1. The highest BCUT2D eigenvalue weighted by Gasteiger charge is 2.17. The quantitative estimate of drug-likeness (QED) is 0.379. The van der Waals surface area contributed by atoms with Gasteiger partial charge >= 0.3 is 0 Å². The van der Waals surface area contributed by atoms with Gasteiger partial charge in [0.1, 0.15) is 5.56 Å². The maximum atomic E-state index is 12.8. The van der Waals surface area contributed by atoms with E-state index in [2.05, 4.69) is 55.5 Å². The number of nitrogens with one attached hydrogen (secondary N) is 1. The van der Waals surface area contributed by atoms with Gasteiger partial charge in [0.25, 0.3) is 5.91 Å². The van der Waals surface area contributed by atoms with Crippen molar-refractivity contribution >= 4 is 11.6 Å². The number of fused-ring (bicyclic) bond motifs is 1. The normalized spacial score (nSPS) is 14.9. The van der Waals surface area contributed by atoms with Crippen molar-refractivity contribution in [1.29, 1.82) is 0 Å². The van der Waals surface area contributed by atoms with Crippen LogP contribution >= 0.6 is 0 Å². The highest BCUT2D eigenvalue weighted by atomic mass is 16.1. The molecule has 0 saturated carbocycles. The molecule has 4 aromatic rings. The Bertz CT molecular complexity index is 1230. The Morgan fingerprint density at radius 2 is 1.57 bits per heavy atom. The minimum Gasteiger partial charge on any atom is -0.352 e. The van der Waals surface area contributed by atoms with Gasteiger partial charge in [0.15, 0.2) is 5.65 Å². The number of hydrogen-bond acceptors (Lipinski definition) is 5. The van der Waals surface area contributed by atoms with E-state index in [9.17, 15) is 4.79 Å². The predicted molar refractivity (Wildman–Crippen MR) is 138 cm³/mol. The smallest absolute Gasteiger partial charge is 0.256 e. The fourth-order valence-electron chi connectivity index (χ4n) is 4.65. The molecular formula is C28H32N6O. The number of amides is 1. The van der Waals surface area contributed by atoms with Gasteiger partial charge in [-0.05, 0) is 31.0 Å². The first-order chi connectivity index (χ1) is 17.3. The number of unbranched alkanes of at least 4 members (excludes halogenated alkanes) is 1. The maximum Gasteiger partial charge on any atom is 0.256 e. The van der Waals surface area contributed by atoms with Crippen LogP contribution in [-0.2, 0) is 6.54 Å². The fraction of sp³-hybridized carbons (Fsp3) is 0.321. The Balaban J connectivity index is 1.05. The van der Waals surface area contributed by atoms with E-state index in [1.807, 2.05) is 36.4 Å². The molecule has 0 unspecified atom stereocenters. The molecule has 2 aromatic heterocycles. The van der Waals surface area contributed by atoms with Crippen LogP contribution in [0.4, 0.5) is 0 Å². The van der Waals surface area contributed by atoms with E-state index in [1.165, 1.54) is 5.56 Å². The highest BCUT2D eigenvalue weighted by Crippen LogP contribution is 2.20. The average molecular weight is 469 g/mol. The first-order valence-electron chi connectivity index (χ1n) is 12.4. The average Bonchev–Trinajstić information content (AvgIpc) is 3.35. The van der Waals surface area contributed by atoms with Gasteiger partial charge in [-0.15, -0.1) is 0 Å². The van der Waals surface area contributed by atoms with Crippen molar-refractivity contribution in [1.82, 2.24) is 29.7 Å². The van der Waals surface area contributed by atoms with Crippen molar-refractivity contribution in [2.75, 3.05) is 39.3 Å². The van der Waals surface area contributed by atoms with Gasteiger partial charge < -0.3 is 10.2 Å². The van der Waals surface area contributed by atoms with Crippen LogP contribution in [0.2, 0.25) is 0 Å². The molecule has 0 aliphatic carbocycles. The van der Waals surface area contributed by atoms with Gasteiger partial charge in [0.2, 0.25) is 0 Å². The number of piperazine rings is 1. The first-order valence-corrected chi connectivity index (χ1v) is 12.4. The van der Waals surface area contributed by atoms with Gasteiger partial charge in [-0.1, -0.05) is 60.7 Å². The van der Waals surface area contributed by atoms with Crippen LogP contribution < -0.4 is 5.32 Å². The SMILES string of the molecule is O=C(NCCCCN1CCN(Cc2ccccc2)CC1)c1cnn2c(-c3ccccc3)ccnc12. The van der Waals surface area contributed by atoms with Crippen LogP contribution in [0.5, 0.6) is 0 Å². The van der Waals surface area contributed by atoms with Crippen LogP contribution in [0.15, 0.2) is 79.1 Å². The third-order valence-electron chi connectivity index (χ3n) is 6.62. The fourth-order valence-corrected chi connectivity index (χ4v) is 4.65. The molecule has 1 amide bonds.